The van der Waals surface area contributed by atoms with Crippen molar-refractivity contribution in [2.24, 2.45) is 0 Å². The van der Waals surface area contributed by atoms with Crippen molar-refractivity contribution in [3.05, 3.63) is 71.5 Å². The van der Waals surface area contributed by atoms with Crippen molar-refractivity contribution in [3.8, 4) is 0 Å². The Morgan fingerprint density at radius 2 is 1.71 bits per heavy atom. The maximum absolute atomic E-state index is 13.4. The molecule has 1 saturated carbocycles. The zero-order valence-electron chi connectivity index (χ0n) is 19.6. The van der Waals surface area contributed by atoms with Gasteiger partial charge in [-0.1, -0.05) is 61.7 Å². The first-order valence-electron chi connectivity index (χ1n) is 12.1. The molecular formula is C27H32FN3O3. The van der Waals surface area contributed by atoms with Gasteiger partial charge < -0.3 is 10.2 Å². The van der Waals surface area contributed by atoms with Crippen molar-refractivity contribution in [2.45, 2.75) is 70.0 Å². The molecule has 1 heterocycles. The molecular weight excluding hydrogens is 433 g/mol. The van der Waals surface area contributed by atoms with Crippen LogP contribution in [0.15, 0.2) is 54.6 Å². The summed E-state index contributed by atoms with van der Waals surface area (Å²) in [5.41, 5.74) is 0.869. The van der Waals surface area contributed by atoms with E-state index < -0.39 is 11.6 Å². The molecule has 6 nitrogen and oxygen atoms in total. The molecule has 34 heavy (non-hydrogen) atoms. The van der Waals surface area contributed by atoms with Gasteiger partial charge in [0, 0.05) is 12.6 Å². The Labute approximate surface area is 200 Å². The second-order valence-electron chi connectivity index (χ2n) is 9.58. The van der Waals surface area contributed by atoms with Crippen LogP contribution in [0.2, 0.25) is 0 Å². The molecule has 7 heteroatoms. The van der Waals surface area contributed by atoms with E-state index >= 15 is 0 Å². The first-order valence-corrected chi connectivity index (χ1v) is 12.1. The van der Waals surface area contributed by atoms with Crippen LogP contribution in [0, 0.1) is 5.82 Å². The largest absolute Gasteiger partial charge is 0.334 e. The van der Waals surface area contributed by atoms with Crippen molar-refractivity contribution in [1.29, 1.82) is 0 Å². The van der Waals surface area contributed by atoms with E-state index in [9.17, 15) is 18.8 Å². The Bertz CT molecular complexity index is 1020. The molecule has 0 unspecified atom stereocenters. The van der Waals surface area contributed by atoms with Gasteiger partial charge in [-0.25, -0.2) is 9.18 Å². The molecule has 2 aliphatic rings. The minimum absolute atomic E-state index is 0.0523. The smallest absolute Gasteiger partial charge is 0.325 e. The van der Waals surface area contributed by atoms with Crippen LogP contribution in [-0.2, 0) is 22.6 Å². The number of urea groups is 1. The van der Waals surface area contributed by atoms with Gasteiger partial charge in [-0.15, -0.1) is 0 Å². The Kier molecular flexibility index (Phi) is 7.29. The molecule has 0 bridgehead atoms. The summed E-state index contributed by atoms with van der Waals surface area (Å²) in [5.74, 6) is -0.951. The Morgan fingerprint density at radius 1 is 1.03 bits per heavy atom. The number of aryl methyl sites for hydroxylation is 1. The average Bonchev–Trinajstić information content (AvgIpc) is 3.06. The maximum Gasteiger partial charge on any atom is 0.325 e. The van der Waals surface area contributed by atoms with E-state index in [1.165, 1.54) is 12.1 Å². The zero-order valence-corrected chi connectivity index (χ0v) is 19.6. The number of nitrogens with one attached hydrogen (secondary N) is 1. The van der Waals surface area contributed by atoms with Gasteiger partial charge in [-0.05, 0) is 55.9 Å². The second-order valence-corrected chi connectivity index (χ2v) is 9.58. The molecule has 2 aromatic rings. The van der Waals surface area contributed by atoms with Gasteiger partial charge in [0.2, 0.25) is 5.91 Å². The summed E-state index contributed by atoms with van der Waals surface area (Å²) in [6, 6.07) is 15.4. The molecule has 2 fully saturated rings. The minimum Gasteiger partial charge on any atom is -0.334 e. The lowest BCUT2D eigenvalue weighted by Crippen LogP contribution is -2.48. The number of carbonyl (C=O) groups is 3. The normalized spacial score (nSPS) is 20.9. The van der Waals surface area contributed by atoms with Crippen molar-refractivity contribution < 1.29 is 18.8 Å². The van der Waals surface area contributed by atoms with Gasteiger partial charge in [-0.3, -0.25) is 14.5 Å². The first-order chi connectivity index (χ1) is 16.4. The van der Waals surface area contributed by atoms with E-state index in [4.69, 9.17) is 0 Å². The number of halogens is 1. The highest BCUT2D eigenvalue weighted by atomic mass is 19.1. The molecule has 1 saturated heterocycles. The molecule has 0 spiro atoms. The van der Waals surface area contributed by atoms with Gasteiger partial charge in [0.1, 0.15) is 17.9 Å². The maximum atomic E-state index is 13.4. The highest BCUT2D eigenvalue weighted by Crippen LogP contribution is 2.27. The number of benzene rings is 2. The monoisotopic (exact) mass is 465 g/mol. The van der Waals surface area contributed by atoms with E-state index in [1.807, 2.05) is 30.3 Å². The van der Waals surface area contributed by atoms with Gasteiger partial charge in [0.15, 0.2) is 0 Å². The van der Waals surface area contributed by atoms with E-state index in [0.717, 1.165) is 48.1 Å². The zero-order chi connectivity index (χ0) is 24.1. The summed E-state index contributed by atoms with van der Waals surface area (Å²) in [6.45, 7) is 1.76. The Balaban J connectivity index is 1.45. The fourth-order valence-electron chi connectivity index (χ4n) is 4.93. The molecule has 1 aliphatic heterocycles. The summed E-state index contributed by atoms with van der Waals surface area (Å²) in [7, 11) is 0. The number of hydrogen-bond acceptors (Lipinski definition) is 3. The standard InChI is InChI=1S/C27H32FN3O3/c1-27(17-16-20-8-4-2-5-9-20)25(33)31(26(34)29-27)19-24(32)30(23-10-6-3-7-11-23)18-21-12-14-22(28)15-13-21/h2,4-5,8-9,12-15,23H,3,6-7,10-11,16-19H2,1H3,(H,29,34)/t27-/m0/s1. The van der Waals surface area contributed by atoms with E-state index in [2.05, 4.69) is 5.32 Å². The fourth-order valence-corrected chi connectivity index (χ4v) is 4.93. The van der Waals surface area contributed by atoms with Gasteiger partial charge in [-0.2, -0.15) is 0 Å². The number of rotatable bonds is 8. The van der Waals surface area contributed by atoms with Crippen molar-refractivity contribution in [1.82, 2.24) is 15.1 Å². The number of carbonyl (C=O) groups excluding carboxylic acids is 3. The summed E-state index contributed by atoms with van der Waals surface area (Å²) < 4.78 is 13.4. The van der Waals surface area contributed by atoms with Gasteiger partial charge >= 0.3 is 6.03 Å². The predicted molar refractivity (Wildman–Crippen MR) is 127 cm³/mol. The Hall–Kier alpha value is -3.22. The SMILES string of the molecule is C[C@@]1(CCc2ccccc2)NC(=O)N(CC(=O)N(Cc2ccc(F)cc2)C2CCCCC2)C1=O. The molecule has 1 atom stereocenters. The van der Waals surface area contributed by atoms with E-state index in [0.29, 0.717) is 19.4 Å². The van der Waals surface area contributed by atoms with Crippen molar-refractivity contribution in [2.75, 3.05) is 6.54 Å². The molecule has 4 amide bonds. The van der Waals surface area contributed by atoms with Crippen LogP contribution in [0.3, 0.4) is 0 Å². The molecule has 4 rings (SSSR count). The van der Waals surface area contributed by atoms with Crippen LogP contribution in [-0.4, -0.2) is 45.8 Å². The highest BCUT2D eigenvalue weighted by molar-refractivity contribution is 6.08. The van der Waals surface area contributed by atoms with Crippen LogP contribution in [0.1, 0.15) is 56.6 Å². The third kappa shape index (κ3) is 5.46. The third-order valence-electron chi connectivity index (χ3n) is 7.00. The number of amides is 4. The fraction of sp³-hybridized carbons (Fsp3) is 0.444. The van der Waals surface area contributed by atoms with Gasteiger partial charge in [0.25, 0.3) is 5.91 Å². The molecule has 0 aromatic heterocycles. The van der Waals surface area contributed by atoms with Crippen molar-refractivity contribution >= 4 is 17.8 Å². The second kappa shape index (κ2) is 10.4. The first kappa shape index (κ1) is 23.9. The summed E-state index contributed by atoms with van der Waals surface area (Å²) in [6.07, 6.45) is 6.10. The lowest BCUT2D eigenvalue weighted by atomic mass is 9.93. The molecule has 2 aromatic carbocycles. The van der Waals surface area contributed by atoms with Crippen LogP contribution in [0.5, 0.6) is 0 Å². The number of imide groups is 1. The van der Waals surface area contributed by atoms with Crippen LogP contribution < -0.4 is 5.32 Å². The molecule has 0 radical (unpaired) electrons. The molecule has 1 aliphatic carbocycles. The summed E-state index contributed by atoms with van der Waals surface area (Å²) in [5, 5.41) is 2.81. The van der Waals surface area contributed by atoms with E-state index in [-0.39, 0.29) is 30.2 Å². The quantitative estimate of drug-likeness (QED) is 0.587. The minimum atomic E-state index is -1.04. The summed E-state index contributed by atoms with van der Waals surface area (Å²) in [4.78, 5) is 42.2. The summed E-state index contributed by atoms with van der Waals surface area (Å²) >= 11 is 0. The number of hydrogen-bond donors (Lipinski definition) is 1. The Morgan fingerprint density at radius 3 is 2.38 bits per heavy atom. The predicted octanol–water partition coefficient (Wildman–Crippen LogP) is 4.43. The average molecular weight is 466 g/mol. The van der Waals surface area contributed by atoms with Crippen molar-refractivity contribution in [3.63, 3.8) is 0 Å². The lowest BCUT2D eigenvalue weighted by Gasteiger charge is -2.35. The van der Waals surface area contributed by atoms with Gasteiger partial charge in [0.05, 0.1) is 0 Å². The third-order valence-corrected chi connectivity index (χ3v) is 7.00. The molecule has 180 valence electrons. The highest BCUT2D eigenvalue weighted by Gasteiger charge is 2.48. The van der Waals surface area contributed by atoms with E-state index in [1.54, 1.807) is 24.0 Å². The molecule has 1 N–H and O–H groups in total. The number of nitrogens with zero attached hydrogens (tertiary/aromatic N) is 2. The topological polar surface area (TPSA) is 69.7 Å². The van der Waals surface area contributed by atoms with Crippen LogP contribution in [0.4, 0.5) is 9.18 Å². The van der Waals surface area contributed by atoms with Crippen LogP contribution >= 0.6 is 0 Å². The lowest BCUT2D eigenvalue weighted by molar-refractivity contribution is -0.141. The van der Waals surface area contributed by atoms with Crippen LogP contribution in [0.25, 0.3) is 0 Å².